The van der Waals surface area contributed by atoms with Crippen molar-refractivity contribution in [1.29, 1.82) is 0 Å². The van der Waals surface area contributed by atoms with Gasteiger partial charge in [-0.2, -0.15) is 0 Å². The van der Waals surface area contributed by atoms with Crippen LogP contribution in [0.4, 0.5) is 16.2 Å². The minimum atomic E-state index is -1.10. The molecular formula is C17H18N4O6. The van der Waals surface area contributed by atoms with E-state index in [1.165, 1.54) is 18.7 Å². The Morgan fingerprint density at radius 1 is 1.19 bits per heavy atom. The fraction of sp³-hybridized carbons (Fsp3) is 0.353. The van der Waals surface area contributed by atoms with Gasteiger partial charge in [-0.15, -0.1) is 0 Å². The molecule has 27 heavy (non-hydrogen) atoms. The van der Waals surface area contributed by atoms with E-state index in [1.54, 1.807) is 24.3 Å². The Balaban J connectivity index is 1.60. The Hall–Kier alpha value is -3.43. The minimum Gasteiger partial charge on any atom is -0.454 e. The number of hydrogen-bond acceptors (Lipinski definition) is 6. The van der Waals surface area contributed by atoms with Crippen molar-refractivity contribution >= 4 is 41.1 Å². The molecule has 0 aromatic heterocycles. The van der Waals surface area contributed by atoms with E-state index in [2.05, 4.69) is 10.6 Å². The summed E-state index contributed by atoms with van der Waals surface area (Å²) in [5.41, 5.74) is -0.123. The van der Waals surface area contributed by atoms with Gasteiger partial charge in [-0.3, -0.25) is 29.0 Å². The molecule has 1 aromatic carbocycles. The largest absolute Gasteiger partial charge is 0.454 e. The number of benzene rings is 1. The van der Waals surface area contributed by atoms with Gasteiger partial charge in [-0.05, 0) is 26.0 Å². The van der Waals surface area contributed by atoms with Gasteiger partial charge in [-0.1, -0.05) is 12.1 Å². The molecule has 5 amide bonds. The summed E-state index contributed by atoms with van der Waals surface area (Å²) in [6.07, 6.45) is 0. The number of fused-ring (bicyclic) bond motifs is 1. The quantitative estimate of drug-likeness (QED) is 0.558. The van der Waals surface area contributed by atoms with E-state index in [-0.39, 0.29) is 12.5 Å². The van der Waals surface area contributed by atoms with E-state index in [4.69, 9.17) is 4.74 Å². The normalized spacial score (nSPS) is 17.9. The summed E-state index contributed by atoms with van der Waals surface area (Å²) < 4.78 is 4.90. The molecule has 0 spiro atoms. The Bertz CT molecular complexity index is 850. The fourth-order valence-corrected chi connectivity index (χ4v) is 2.81. The van der Waals surface area contributed by atoms with E-state index >= 15 is 0 Å². The molecule has 2 aliphatic rings. The second-order valence-corrected chi connectivity index (χ2v) is 6.65. The lowest BCUT2D eigenvalue weighted by molar-refractivity contribution is -0.150. The summed E-state index contributed by atoms with van der Waals surface area (Å²) in [6.45, 7) is 1.61. The molecule has 1 saturated heterocycles. The Morgan fingerprint density at radius 2 is 1.89 bits per heavy atom. The molecule has 0 aliphatic carbocycles. The second-order valence-electron chi connectivity index (χ2n) is 6.65. The first-order valence-corrected chi connectivity index (χ1v) is 8.18. The minimum absolute atomic E-state index is 0.200. The molecule has 0 bridgehead atoms. The predicted molar refractivity (Wildman–Crippen MR) is 92.7 cm³/mol. The number of nitrogens with zero attached hydrogens (tertiary/aromatic N) is 2. The van der Waals surface area contributed by atoms with Crippen molar-refractivity contribution in [3.63, 3.8) is 0 Å². The standard InChI is InChI=1S/C17H18N4O6/c1-17(2)15(25)21(16(26)19-17)8-14(24)27-9-13(23)20-7-12(22)18-10-5-3-4-6-11(10)20/h3-6H,7-9H2,1-2H3,(H,18,22)(H,19,26). The number of nitrogens with one attached hydrogen (secondary N) is 2. The first-order chi connectivity index (χ1) is 12.7. The molecule has 0 unspecified atom stereocenters. The van der Waals surface area contributed by atoms with Crippen molar-refractivity contribution in [2.24, 2.45) is 0 Å². The van der Waals surface area contributed by atoms with Gasteiger partial charge in [0.1, 0.15) is 18.6 Å². The SMILES string of the molecule is CC1(C)NC(=O)N(CC(=O)OCC(=O)N2CC(=O)Nc3ccccc32)C1=O. The highest BCUT2D eigenvalue weighted by molar-refractivity contribution is 6.11. The lowest BCUT2D eigenvalue weighted by Gasteiger charge is -2.28. The number of hydrogen-bond donors (Lipinski definition) is 2. The zero-order chi connectivity index (χ0) is 19.8. The number of rotatable bonds is 4. The zero-order valence-corrected chi connectivity index (χ0v) is 14.8. The topological polar surface area (TPSA) is 125 Å². The molecule has 2 heterocycles. The van der Waals surface area contributed by atoms with Gasteiger partial charge in [-0.25, -0.2) is 4.79 Å². The van der Waals surface area contributed by atoms with Gasteiger partial charge in [0.15, 0.2) is 6.61 Å². The van der Waals surface area contributed by atoms with Crippen molar-refractivity contribution in [3.05, 3.63) is 24.3 Å². The Labute approximate surface area is 154 Å². The van der Waals surface area contributed by atoms with Gasteiger partial charge in [0.25, 0.3) is 11.8 Å². The zero-order valence-electron chi connectivity index (χ0n) is 14.8. The first-order valence-electron chi connectivity index (χ1n) is 8.18. The lowest BCUT2D eigenvalue weighted by atomic mass is 10.1. The van der Waals surface area contributed by atoms with Crippen molar-refractivity contribution in [2.75, 3.05) is 29.9 Å². The molecule has 2 aliphatic heterocycles. The molecule has 10 heteroatoms. The van der Waals surface area contributed by atoms with Gasteiger partial charge in [0.2, 0.25) is 5.91 Å². The molecule has 0 saturated carbocycles. The van der Waals surface area contributed by atoms with Crippen LogP contribution in [0.2, 0.25) is 0 Å². The highest BCUT2D eigenvalue weighted by atomic mass is 16.5. The van der Waals surface area contributed by atoms with Crippen LogP contribution in [0.15, 0.2) is 24.3 Å². The molecule has 2 N–H and O–H groups in total. The highest BCUT2D eigenvalue weighted by Crippen LogP contribution is 2.28. The smallest absolute Gasteiger partial charge is 0.326 e. The number of carbonyl (C=O) groups is 5. The average Bonchev–Trinajstić information content (AvgIpc) is 2.80. The molecule has 1 fully saturated rings. The van der Waals surface area contributed by atoms with Crippen LogP contribution in [0, 0.1) is 0 Å². The monoisotopic (exact) mass is 374 g/mol. The maximum absolute atomic E-state index is 12.4. The van der Waals surface area contributed by atoms with E-state index in [0.717, 1.165) is 4.90 Å². The summed E-state index contributed by atoms with van der Waals surface area (Å²) >= 11 is 0. The molecule has 1 aromatic rings. The van der Waals surface area contributed by atoms with Gasteiger partial charge in [0.05, 0.1) is 11.4 Å². The number of anilines is 2. The maximum Gasteiger partial charge on any atom is 0.326 e. The molecule has 0 atom stereocenters. The van der Waals surface area contributed by atoms with Crippen molar-refractivity contribution < 1.29 is 28.7 Å². The lowest BCUT2D eigenvalue weighted by Crippen LogP contribution is -2.44. The van der Waals surface area contributed by atoms with Gasteiger partial charge in [0, 0.05) is 0 Å². The molecule has 3 rings (SSSR count). The number of urea groups is 1. The summed E-state index contributed by atoms with van der Waals surface area (Å²) in [5.74, 6) is -2.42. The van der Waals surface area contributed by atoms with Crippen molar-refractivity contribution in [1.82, 2.24) is 10.2 Å². The van der Waals surface area contributed by atoms with Gasteiger partial charge >= 0.3 is 12.0 Å². The number of esters is 1. The molecule has 142 valence electrons. The van der Waals surface area contributed by atoms with E-state index in [0.29, 0.717) is 11.4 Å². The Morgan fingerprint density at radius 3 is 2.56 bits per heavy atom. The average molecular weight is 374 g/mol. The van der Waals surface area contributed by atoms with Crippen LogP contribution < -0.4 is 15.5 Å². The van der Waals surface area contributed by atoms with Crippen LogP contribution in [0.25, 0.3) is 0 Å². The number of ether oxygens (including phenoxy) is 1. The van der Waals surface area contributed by atoms with Crippen molar-refractivity contribution in [3.8, 4) is 0 Å². The predicted octanol–water partition coefficient (Wildman–Crippen LogP) is -0.155. The molecule has 10 nitrogen and oxygen atoms in total. The Kier molecular flexibility index (Phi) is 4.56. The van der Waals surface area contributed by atoms with Crippen LogP contribution in [0.3, 0.4) is 0 Å². The van der Waals surface area contributed by atoms with Crippen LogP contribution in [-0.4, -0.2) is 59.9 Å². The number of para-hydroxylation sites is 2. The summed E-state index contributed by atoms with van der Waals surface area (Å²) in [4.78, 5) is 61.8. The third-order valence-corrected chi connectivity index (χ3v) is 4.16. The van der Waals surface area contributed by atoms with Crippen LogP contribution in [0.5, 0.6) is 0 Å². The summed E-state index contributed by atoms with van der Waals surface area (Å²) in [7, 11) is 0. The number of imide groups is 1. The van der Waals surface area contributed by atoms with Crippen LogP contribution in [-0.2, 0) is 23.9 Å². The summed E-state index contributed by atoms with van der Waals surface area (Å²) in [5, 5.41) is 5.09. The summed E-state index contributed by atoms with van der Waals surface area (Å²) in [6, 6.07) is 6.03. The molecular weight excluding hydrogens is 356 g/mol. The van der Waals surface area contributed by atoms with E-state index < -0.39 is 42.5 Å². The maximum atomic E-state index is 12.4. The third-order valence-electron chi connectivity index (χ3n) is 4.16. The van der Waals surface area contributed by atoms with Crippen LogP contribution in [0.1, 0.15) is 13.8 Å². The highest BCUT2D eigenvalue weighted by Gasteiger charge is 2.45. The van der Waals surface area contributed by atoms with Gasteiger partial charge < -0.3 is 15.4 Å². The van der Waals surface area contributed by atoms with E-state index in [1.807, 2.05) is 0 Å². The molecule has 0 radical (unpaired) electrons. The number of amides is 5. The number of carbonyl (C=O) groups excluding carboxylic acids is 5. The van der Waals surface area contributed by atoms with Crippen LogP contribution >= 0.6 is 0 Å². The van der Waals surface area contributed by atoms with Crippen molar-refractivity contribution in [2.45, 2.75) is 19.4 Å². The third kappa shape index (κ3) is 3.59. The van der Waals surface area contributed by atoms with E-state index in [9.17, 15) is 24.0 Å². The first kappa shape index (κ1) is 18.4. The fourth-order valence-electron chi connectivity index (χ4n) is 2.81. The second kappa shape index (κ2) is 6.71.